The van der Waals surface area contributed by atoms with Crippen molar-refractivity contribution in [2.45, 2.75) is 6.18 Å². The lowest BCUT2D eigenvalue weighted by Crippen LogP contribution is -2.09. The SMILES string of the molecule is COc1ccccc1-c1nc(C(F)(F)F)ccc1N. The molecule has 0 fully saturated rings. The molecule has 0 spiro atoms. The molecule has 0 aliphatic rings. The Kier molecular flexibility index (Phi) is 3.33. The molecule has 100 valence electrons. The summed E-state index contributed by atoms with van der Waals surface area (Å²) in [5, 5.41) is 0. The van der Waals surface area contributed by atoms with Crippen molar-refractivity contribution in [1.29, 1.82) is 0 Å². The minimum Gasteiger partial charge on any atom is -0.496 e. The number of alkyl halides is 3. The van der Waals surface area contributed by atoms with Gasteiger partial charge in [-0.25, -0.2) is 4.98 Å². The van der Waals surface area contributed by atoms with E-state index in [1.807, 2.05) is 0 Å². The Morgan fingerprint density at radius 1 is 1.11 bits per heavy atom. The minimum absolute atomic E-state index is 0.0623. The number of benzene rings is 1. The molecular weight excluding hydrogens is 257 g/mol. The highest BCUT2D eigenvalue weighted by Gasteiger charge is 2.33. The Bertz CT molecular complexity index is 597. The lowest BCUT2D eigenvalue weighted by atomic mass is 10.1. The number of anilines is 1. The summed E-state index contributed by atoms with van der Waals surface area (Å²) in [7, 11) is 1.43. The number of rotatable bonds is 2. The fourth-order valence-corrected chi connectivity index (χ4v) is 1.68. The third kappa shape index (κ3) is 2.62. The van der Waals surface area contributed by atoms with E-state index >= 15 is 0 Å². The smallest absolute Gasteiger partial charge is 0.433 e. The third-order valence-electron chi connectivity index (χ3n) is 2.58. The molecule has 0 aliphatic carbocycles. The molecule has 0 saturated heterocycles. The van der Waals surface area contributed by atoms with E-state index in [0.29, 0.717) is 11.3 Å². The molecule has 2 rings (SSSR count). The second kappa shape index (κ2) is 4.79. The maximum Gasteiger partial charge on any atom is 0.433 e. The first-order valence-electron chi connectivity index (χ1n) is 5.40. The highest BCUT2D eigenvalue weighted by atomic mass is 19.4. The van der Waals surface area contributed by atoms with Crippen molar-refractivity contribution in [3.05, 3.63) is 42.1 Å². The van der Waals surface area contributed by atoms with E-state index in [-0.39, 0.29) is 11.4 Å². The maximum absolute atomic E-state index is 12.7. The van der Waals surface area contributed by atoms with Gasteiger partial charge in [0.15, 0.2) is 0 Å². The normalized spacial score (nSPS) is 11.4. The van der Waals surface area contributed by atoms with Gasteiger partial charge in [-0.3, -0.25) is 0 Å². The van der Waals surface area contributed by atoms with E-state index in [0.717, 1.165) is 6.07 Å². The lowest BCUT2D eigenvalue weighted by molar-refractivity contribution is -0.141. The Balaban J connectivity index is 2.61. The third-order valence-corrected chi connectivity index (χ3v) is 2.58. The van der Waals surface area contributed by atoms with Crippen molar-refractivity contribution < 1.29 is 17.9 Å². The largest absolute Gasteiger partial charge is 0.496 e. The van der Waals surface area contributed by atoms with Crippen LogP contribution in [0.1, 0.15) is 5.69 Å². The predicted molar refractivity (Wildman–Crippen MR) is 65.6 cm³/mol. The van der Waals surface area contributed by atoms with Gasteiger partial charge in [-0.15, -0.1) is 0 Å². The fraction of sp³-hybridized carbons (Fsp3) is 0.154. The number of hydrogen-bond acceptors (Lipinski definition) is 3. The Morgan fingerprint density at radius 3 is 2.42 bits per heavy atom. The van der Waals surface area contributed by atoms with Gasteiger partial charge in [0.2, 0.25) is 0 Å². The van der Waals surface area contributed by atoms with Gasteiger partial charge in [0.1, 0.15) is 11.4 Å². The van der Waals surface area contributed by atoms with Crippen LogP contribution in [-0.4, -0.2) is 12.1 Å². The zero-order valence-corrected chi connectivity index (χ0v) is 10.0. The van der Waals surface area contributed by atoms with Gasteiger partial charge in [0.05, 0.1) is 18.5 Å². The van der Waals surface area contributed by atoms with Crippen LogP contribution in [0.4, 0.5) is 18.9 Å². The summed E-state index contributed by atoms with van der Waals surface area (Å²) in [6.45, 7) is 0. The summed E-state index contributed by atoms with van der Waals surface area (Å²) in [5.41, 5.74) is 5.37. The Labute approximate surface area is 107 Å². The number of halogens is 3. The molecule has 6 heteroatoms. The summed E-state index contributed by atoms with van der Waals surface area (Å²) >= 11 is 0. The zero-order valence-electron chi connectivity index (χ0n) is 10.0. The first-order valence-corrected chi connectivity index (χ1v) is 5.40. The minimum atomic E-state index is -4.51. The molecule has 0 saturated carbocycles. The van der Waals surface area contributed by atoms with Gasteiger partial charge < -0.3 is 10.5 Å². The second-order valence-electron chi connectivity index (χ2n) is 3.83. The molecular formula is C13H11F3N2O. The van der Waals surface area contributed by atoms with Crippen molar-refractivity contribution in [1.82, 2.24) is 4.98 Å². The molecule has 0 bridgehead atoms. The van der Waals surface area contributed by atoms with Crippen LogP contribution in [0.15, 0.2) is 36.4 Å². The number of nitrogen functional groups attached to an aromatic ring is 1. The molecule has 0 unspecified atom stereocenters. The van der Waals surface area contributed by atoms with Crippen molar-refractivity contribution >= 4 is 5.69 Å². The van der Waals surface area contributed by atoms with Crippen LogP contribution < -0.4 is 10.5 Å². The van der Waals surface area contributed by atoms with Crippen LogP contribution in [-0.2, 0) is 6.18 Å². The molecule has 0 amide bonds. The quantitative estimate of drug-likeness (QED) is 0.908. The van der Waals surface area contributed by atoms with Crippen LogP contribution >= 0.6 is 0 Å². The number of ether oxygens (including phenoxy) is 1. The van der Waals surface area contributed by atoms with Crippen molar-refractivity contribution in [2.24, 2.45) is 0 Å². The van der Waals surface area contributed by atoms with Gasteiger partial charge in [0.25, 0.3) is 0 Å². The first kappa shape index (κ1) is 13.2. The highest BCUT2D eigenvalue weighted by Crippen LogP contribution is 2.35. The van der Waals surface area contributed by atoms with E-state index in [2.05, 4.69) is 4.98 Å². The molecule has 2 aromatic rings. The standard InChI is InChI=1S/C13H11F3N2O/c1-19-10-5-3-2-4-8(10)12-9(17)6-7-11(18-12)13(14,15)16/h2-7H,17H2,1H3. The average molecular weight is 268 g/mol. The van der Waals surface area contributed by atoms with E-state index in [4.69, 9.17) is 10.5 Å². The van der Waals surface area contributed by atoms with Gasteiger partial charge in [-0.05, 0) is 24.3 Å². The van der Waals surface area contributed by atoms with Gasteiger partial charge in [-0.2, -0.15) is 13.2 Å². The summed E-state index contributed by atoms with van der Waals surface area (Å²) < 4.78 is 43.1. The summed E-state index contributed by atoms with van der Waals surface area (Å²) in [4.78, 5) is 3.59. The molecule has 2 N–H and O–H groups in total. The van der Waals surface area contributed by atoms with Crippen LogP contribution in [0.5, 0.6) is 5.75 Å². The summed E-state index contributed by atoms with van der Waals surface area (Å²) in [6.07, 6.45) is -4.51. The Hall–Kier alpha value is -2.24. The van der Waals surface area contributed by atoms with E-state index in [9.17, 15) is 13.2 Å². The van der Waals surface area contributed by atoms with Gasteiger partial charge in [-0.1, -0.05) is 12.1 Å². The maximum atomic E-state index is 12.7. The summed E-state index contributed by atoms with van der Waals surface area (Å²) in [5.74, 6) is 0.418. The molecule has 0 radical (unpaired) electrons. The van der Waals surface area contributed by atoms with Crippen LogP contribution in [0, 0.1) is 0 Å². The second-order valence-corrected chi connectivity index (χ2v) is 3.83. The number of hydrogen-bond donors (Lipinski definition) is 1. The molecule has 0 atom stereocenters. The number of nitrogens with zero attached hydrogens (tertiary/aromatic N) is 1. The average Bonchev–Trinajstić information content (AvgIpc) is 2.38. The molecule has 3 nitrogen and oxygen atoms in total. The molecule has 0 aliphatic heterocycles. The zero-order chi connectivity index (χ0) is 14.0. The molecule has 1 aromatic heterocycles. The lowest BCUT2D eigenvalue weighted by Gasteiger charge is -2.12. The fourth-order valence-electron chi connectivity index (χ4n) is 1.68. The van der Waals surface area contributed by atoms with Crippen LogP contribution in [0.3, 0.4) is 0 Å². The van der Waals surface area contributed by atoms with Crippen molar-refractivity contribution in [3.63, 3.8) is 0 Å². The number of aromatic nitrogens is 1. The number of methoxy groups -OCH3 is 1. The van der Waals surface area contributed by atoms with Crippen molar-refractivity contribution in [3.8, 4) is 17.0 Å². The summed E-state index contributed by atoms with van der Waals surface area (Å²) in [6, 6.07) is 8.69. The van der Waals surface area contributed by atoms with Gasteiger partial charge >= 0.3 is 6.18 Å². The van der Waals surface area contributed by atoms with E-state index in [1.165, 1.54) is 13.2 Å². The monoisotopic (exact) mass is 268 g/mol. The number of nitrogens with two attached hydrogens (primary N) is 1. The van der Waals surface area contributed by atoms with Gasteiger partial charge in [0, 0.05) is 5.56 Å². The predicted octanol–water partition coefficient (Wildman–Crippen LogP) is 3.36. The van der Waals surface area contributed by atoms with Crippen molar-refractivity contribution in [2.75, 3.05) is 12.8 Å². The number of pyridine rings is 1. The molecule has 1 heterocycles. The first-order chi connectivity index (χ1) is 8.93. The number of para-hydroxylation sites is 1. The van der Waals surface area contributed by atoms with Crippen LogP contribution in [0.2, 0.25) is 0 Å². The Morgan fingerprint density at radius 2 is 1.79 bits per heavy atom. The van der Waals surface area contributed by atoms with E-state index in [1.54, 1.807) is 24.3 Å². The molecule has 1 aromatic carbocycles. The topological polar surface area (TPSA) is 48.1 Å². The molecule has 19 heavy (non-hydrogen) atoms. The van der Waals surface area contributed by atoms with E-state index < -0.39 is 11.9 Å². The highest BCUT2D eigenvalue weighted by molar-refractivity contribution is 5.77. The van der Waals surface area contributed by atoms with Crippen LogP contribution in [0.25, 0.3) is 11.3 Å².